The number of hydrogen-bond donors (Lipinski definition) is 2. The Morgan fingerprint density at radius 2 is 2.21 bits per heavy atom. The highest BCUT2D eigenvalue weighted by molar-refractivity contribution is 7.89. The molecule has 0 fully saturated rings. The van der Waals surface area contributed by atoms with Crippen molar-refractivity contribution in [1.29, 1.82) is 0 Å². The van der Waals surface area contributed by atoms with Gasteiger partial charge in [-0.1, -0.05) is 6.07 Å². The van der Waals surface area contributed by atoms with Gasteiger partial charge in [-0.3, -0.25) is 0 Å². The zero-order valence-corrected chi connectivity index (χ0v) is 8.53. The van der Waals surface area contributed by atoms with E-state index < -0.39 is 16.1 Å². The molecular formula is C8H12N2O3S. The van der Waals surface area contributed by atoms with E-state index >= 15 is 0 Å². The first-order chi connectivity index (χ1) is 6.39. The largest absolute Gasteiger partial charge is 0.393 e. The van der Waals surface area contributed by atoms with Crippen molar-refractivity contribution >= 4 is 10.0 Å². The van der Waals surface area contributed by atoms with Crippen LogP contribution in [-0.2, 0) is 16.4 Å². The molecule has 0 aliphatic carbocycles. The number of aliphatic hydroxyl groups excluding tert-OH is 1. The molecule has 0 radical (unpaired) electrons. The van der Waals surface area contributed by atoms with Crippen LogP contribution in [0.3, 0.4) is 0 Å². The summed E-state index contributed by atoms with van der Waals surface area (Å²) in [5.74, 6) is 0. The van der Waals surface area contributed by atoms with Crippen LogP contribution < -0.4 is 5.14 Å². The lowest BCUT2D eigenvalue weighted by Crippen LogP contribution is -2.14. The summed E-state index contributed by atoms with van der Waals surface area (Å²) in [5.41, 5.74) is 0.771. The molecule has 1 rings (SSSR count). The Hall–Kier alpha value is -0.980. The molecule has 0 saturated heterocycles. The Morgan fingerprint density at radius 1 is 1.57 bits per heavy atom. The summed E-state index contributed by atoms with van der Waals surface area (Å²) in [6, 6.07) is 2.91. The fourth-order valence-electron chi connectivity index (χ4n) is 1.04. The van der Waals surface area contributed by atoms with Gasteiger partial charge in [0, 0.05) is 6.20 Å². The van der Waals surface area contributed by atoms with Gasteiger partial charge in [-0.15, -0.1) is 0 Å². The number of primary sulfonamides is 1. The summed E-state index contributed by atoms with van der Waals surface area (Å²) < 4.78 is 21.7. The van der Waals surface area contributed by atoms with Gasteiger partial charge in [0.2, 0.25) is 0 Å². The summed E-state index contributed by atoms with van der Waals surface area (Å²) in [5, 5.41) is 13.8. The van der Waals surface area contributed by atoms with Crippen molar-refractivity contribution in [2.24, 2.45) is 5.14 Å². The maximum atomic E-state index is 10.8. The highest BCUT2D eigenvalue weighted by atomic mass is 32.2. The molecule has 0 bridgehead atoms. The molecule has 0 saturated carbocycles. The van der Waals surface area contributed by atoms with Crippen molar-refractivity contribution < 1.29 is 13.5 Å². The first-order valence-electron chi connectivity index (χ1n) is 4.05. The van der Waals surface area contributed by atoms with E-state index in [2.05, 4.69) is 4.98 Å². The van der Waals surface area contributed by atoms with Crippen molar-refractivity contribution in [2.45, 2.75) is 24.5 Å². The molecule has 0 spiro atoms. The van der Waals surface area contributed by atoms with Crippen LogP contribution in [0.5, 0.6) is 0 Å². The molecule has 1 aromatic heterocycles. The standard InChI is InChI=1S/C8H12N2O3S/c1-6(11)4-7-2-3-8(10-5-7)14(9,12)13/h2-3,5-6,11H,4H2,1H3,(H2,9,12,13). The lowest BCUT2D eigenvalue weighted by atomic mass is 10.1. The summed E-state index contributed by atoms with van der Waals surface area (Å²) in [4.78, 5) is 3.68. The van der Waals surface area contributed by atoms with Gasteiger partial charge >= 0.3 is 0 Å². The van der Waals surface area contributed by atoms with Crippen molar-refractivity contribution in [1.82, 2.24) is 4.98 Å². The van der Waals surface area contributed by atoms with Crippen LogP contribution in [0.4, 0.5) is 0 Å². The number of aliphatic hydroxyl groups is 1. The van der Waals surface area contributed by atoms with Crippen LogP contribution >= 0.6 is 0 Å². The minimum Gasteiger partial charge on any atom is -0.393 e. The number of pyridine rings is 1. The van der Waals surface area contributed by atoms with Crippen LogP contribution in [0, 0.1) is 0 Å². The highest BCUT2D eigenvalue weighted by Gasteiger charge is 2.08. The number of nitrogens with zero attached hydrogens (tertiary/aromatic N) is 1. The third-order valence-corrected chi connectivity index (χ3v) is 2.44. The number of sulfonamides is 1. The molecule has 1 atom stereocenters. The van der Waals surface area contributed by atoms with E-state index in [0.29, 0.717) is 6.42 Å². The van der Waals surface area contributed by atoms with Crippen molar-refractivity contribution in [2.75, 3.05) is 0 Å². The monoisotopic (exact) mass is 216 g/mol. The predicted molar refractivity (Wildman–Crippen MR) is 51.0 cm³/mol. The second-order valence-electron chi connectivity index (χ2n) is 3.10. The summed E-state index contributed by atoms with van der Waals surface area (Å²) >= 11 is 0. The molecule has 5 nitrogen and oxygen atoms in total. The van der Waals surface area contributed by atoms with Gasteiger partial charge < -0.3 is 5.11 Å². The third kappa shape index (κ3) is 3.06. The average molecular weight is 216 g/mol. The van der Waals surface area contributed by atoms with Gasteiger partial charge in [-0.25, -0.2) is 18.5 Å². The zero-order valence-electron chi connectivity index (χ0n) is 7.71. The fourth-order valence-corrected chi connectivity index (χ4v) is 1.50. The summed E-state index contributed by atoms with van der Waals surface area (Å²) in [6.45, 7) is 1.65. The molecule has 1 unspecified atom stereocenters. The zero-order chi connectivity index (χ0) is 10.8. The summed E-state index contributed by atoms with van der Waals surface area (Å²) in [6.07, 6.45) is 1.36. The minimum atomic E-state index is -3.72. The van der Waals surface area contributed by atoms with E-state index in [1.807, 2.05) is 0 Å². The van der Waals surface area contributed by atoms with Crippen LogP contribution in [0.2, 0.25) is 0 Å². The Morgan fingerprint density at radius 3 is 2.57 bits per heavy atom. The number of rotatable bonds is 3. The molecule has 14 heavy (non-hydrogen) atoms. The first-order valence-corrected chi connectivity index (χ1v) is 5.60. The molecular weight excluding hydrogens is 204 g/mol. The van der Waals surface area contributed by atoms with Gasteiger partial charge in [0.1, 0.15) is 0 Å². The maximum absolute atomic E-state index is 10.8. The van der Waals surface area contributed by atoms with Crippen LogP contribution in [-0.4, -0.2) is 24.6 Å². The van der Waals surface area contributed by atoms with Gasteiger partial charge in [0.15, 0.2) is 5.03 Å². The van der Waals surface area contributed by atoms with Gasteiger partial charge in [0.05, 0.1) is 6.10 Å². The number of aromatic nitrogens is 1. The fraction of sp³-hybridized carbons (Fsp3) is 0.375. The van der Waals surface area contributed by atoms with Crippen molar-refractivity contribution in [3.63, 3.8) is 0 Å². The Labute approximate surface area is 82.6 Å². The second-order valence-corrected chi connectivity index (χ2v) is 4.61. The first kappa shape index (κ1) is 11.1. The van der Waals surface area contributed by atoms with Crippen molar-refractivity contribution in [3.05, 3.63) is 23.9 Å². The number of hydrogen-bond acceptors (Lipinski definition) is 4. The van der Waals surface area contributed by atoms with E-state index in [9.17, 15) is 8.42 Å². The lowest BCUT2D eigenvalue weighted by molar-refractivity contribution is 0.195. The maximum Gasteiger partial charge on any atom is 0.255 e. The summed E-state index contributed by atoms with van der Waals surface area (Å²) in [7, 11) is -3.72. The quantitative estimate of drug-likeness (QED) is 0.722. The highest BCUT2D eigenvalue weighted by Crippen LogP contribution is 2.06. The molecule has 0 aliphatic heterocycles. The van der Waals surface area contributed by atoms with Gasteiger partial charge in [0.25, 0.3) is 10.0 Å². The van der Waals surface area contributed by atoms with Gasteiger partial charge in [-0.2, -0.15) is 0 Å². The molecule has 1 aromatic rings. The Kier molecular flexibility index (Phi) is 3.20. The lowest BCUT2D eigenvalue weighted by Gasteiger charge is -2.03. The van der Waals surface area contributed by atoms with E-state index in [1.165, 1.54) is 12.3 Å². The normalized spacial score (nSPS) is 13.9. The third-order valence-electron chi connectivity index (χ3n) is 1.62. The van der Waals surface area contributed by atoms with E-state index in [1.54, 1.807) is 13.0 Å². The van der Waals surface area contributed by atoms with Crippen LogP contribution in [0.15, 0.2) is 23.4 Å². The number of nitrogens with two attached hydrogens (primary N) is 1. The molecule has 0 aliphatic rings. The predicted octanol–water partition coefficient (Wildman–Crippen LogP) is -0.348. The second kappa shape index (κ2) is 4.04. The minimum absolute atomic E-state index is 0.160. The van der Waals surface area contributed by atoms with E-state index in [0.717, 1.165) is 5.56 Å². The molecule has 6 heteroatoms. The van der Waals surface area contributed by atoms with Crippen LogP contribution in [0.25, 0.3) is 0 Å². The molecule has 1 heterocycles. The molecule has 3 N–H and O–H groups in total. The Balaban J connectivity index is 2.90. The van der Waals surface area contributed by atoms with Crippen molar-refractivity contribution in [3.8, 4) is 0 Å². The van der Waals surface area contributed by atoms with Crippen LogP contribution in [0.1, 0.15) is 12.5 Å². The SMILES string of the molecule is CC(O)Cc1ccc(S(N)(=O)=O)nc1. The molecule has 0 amide bonds. The van der Waals surface area contributed by atoms with E-state index in [4.69, 9.17) is 10.2 Å². The molecule has 0 aromatic carbocycles. The van der Waals surface area contributed by atoms with E-state index in [-0.39, 0.29) is 5.03 Å². The molecule has 78 valence electrons. The Bertz CT molecular complexity index is 397. The van der Waals surface area contributed by atoms with Gasteiger partial charge in [-0.05, 0) is 25.0 Å². The topological polar surface area (TPSA) is 93.3 Å². The smallest absolute Gasteiger partial charge is 0.255 e. The average Bonchev–Trinajstić information content (AvgIpc) is 2.02.